The van der Waals surface area contributed by atoms with E-state index in [2.05, 4.69) is 20.2 Å². The minimum absolute atomic E-state index is 0.0281. The first kappa shape index (κ1) is 32.8. The Labute approximate surface area is 268 Å². The minimum Gasteiger partial charge on any atom is -0.481 e. The van der Waals surface area contributed by atoms with E-state index in [1.807, 2.05) is 0 Å². The lowest BCUT2D eigenvalue weighted by Crippen LogP contribution is -2.50. The van der Waals surface area contributed by atoms with Crippen LogP contribution in [0.2, 0.25) is 0 Å². The molecule has 16 heteroatoms. The van der Waals surface area contributed by atoms with Crippen LogP contribution in [0.4, 0.5) is 13.2 Å². The maximum absolute atomic E-state index is 14.1. The third-order valence-electron chi connectivity index (χ3n) is 9.12. The van der Waals surface area contributed by atoms with E-state index in [0.29, 0.717) is 54.0 Å². The second-order valence-corrected chi connectivity index (χ2v) is 14.5. The van der Waals surface area contributed by atoms with E-state index in [-0.39, 0.29) is 29.5 Å². The molecule has 1 atom stereocenters. The minimum atomic E-state index is -4.75. The zero-order valence-corrected chi connectivity index (χ0v) is 26.9. The van der Waals surface area contributed by atoms with Gasteiger partial charge in [-0.2, -0.15) is 17.5 Å². The number of hydrogen-bond acceptors (Lipinski definition) is 9. The monoisotopic (exact) mass is 674 g/mol. The number of carboxylic acids is 1. The Bertz CT molecular complexity index is 1970. The van der Waals surface area contributed by atoms with Gasteiger partial charge in [-0.3, -0.25) is 14.2 Å². The van der Waals surface area contributed by atoms with E-state index in [9.17, 15) is 31.5 Å². The molecule has 0 unspecified atom stereocenters. The van der Waals surface area contributed by atoms with Crippen molar-refractivity contribution in [2.45, 2.75) is 69.7 Å². The number of fused-ring (bicyclic) bond motifs is 2. The summed E-state index contributed by atoms with van der Waals surface area (Å²) in [6.45, 7) is 7.07. The molecule has 4 aromatic rings. The average Bonchev–Trinajstić information content (AvgIpc) is 3.43. The number of aryl methyl sites for hydroxylation is 2. The molecule has 1 fully saturated rings. The van der Waals surface area contributed by atoms with Gasteiger partial charge in [0.15, 0.2) is 5.65 Å². The van der Waals surface area contributed by atoms with Gasteiger partial charge in [0.2, 0.25) is 21.7 Å². The summed E-state index contributed by atoms with van der Waals surface area (Å²) in [7, 11) is -4.10. The van der Waals surface area contributed by atoms with Crippen LogP contribution < -0.4 is 4.74 Å². The van der Waals surface area contributed by atoms with Crippen molar-refractivity contribution in [2.24, 2.45) is 5.41 Å². The summed E-state index contributed by atoms with van der Waals surface area (Å²) in [6.07, 6.45) is 0.338. The van der Waals surface area contributed by atoms with Gasteiger partial charge >= 0.3 is 12.1 Å². The number of ether oxygens (including phenoxy) is 2. The van der Waals surface area contributed by atoms with Crippen LogP contribution in [-0.4, -0.2) is 73.7 Å². The van der Waals surface area contributed by atoms with E-state index in [1.165, 1.54) is 48.7 Å². The number of rotatable bonds is 6. The predicted molar refractivity (Wildman–Crippen MR) is 160 cm³/mol. The van der Waals surface area contributed by atoms with E-state index < -0.39 is 44.9 Å². The summed E-state index contributed by atoms with van der Waals surface area (Å²) >= 11 is 0. The molecular formula is C31H33F3N6O6S. The van der Waals surface area contributed by atoms with Crippen molar-refractivity contribution in [1.82, 2.24) is 28.9 Å². The first-order chi connectivity index (χ1) is 22.0. The molecular weight excluding hydrogens is 641 g/mol. The van der Waals surface area contributed by atoms with Crippen LogP contribution in [0.1, 0.15) is 66.4 Å². The molecule has 6 heterocycles. The second-order valence-electron chi connectivity index (χ2n) is 12.6. The quantitative estimate of drug-likeness (QED) is 0.309. The van der Waals surface area contributed by atoms with Crippen molar-refractivity contribution in [2.75, 3.05) is 19.8 Å². The summed E-state index contributed by atoms with van der Waals surface area (Å²) in [5, 5.41) is 17.4. The van der Waals surface area contributed by atoms with Crippen molar-refractivity contribution in [3.05, 3.63) is 76.6 Å². The molecule has 0 bridgehead atoms. The largest absolute Gasteiger partial charge is 0.481 e. The number of halogens is 3. The Kier molecular flexibility index (Phi) is 8.04. The highest BCUT2D eigenvalue weighted by molar-refractivity contribution is 7.89. The number of alkyl halides is 3. The van der Waals surface area contributed by atoms with Crippen LogP contribution >= 0.6 is 0 Å². The molecule has 2 aliphatic heterocycles. The van der Waals surface area contributed by atoms with Gasteiger partial charge in [-0.1, -0.05) is 0 Å². The Hall–Kier alpha value is -4.15. The lowest BCUT2D eigenvalue weighted by Gasteiger charge is -2.38. The number of aromatic nitrogens is 5. The molecule has 250 valence electrons. The third kappa shape index (κ3) is 5.71. The van der Waals surface area contributed by atoms with E-state index >= 15 is 0 Å². The average molecular weight is 675 g/mol. The Morgan fingerprint density at radius 2 is 1.85 bits per heavy atom. The van der Waals surface area contributed by atoms with Crippen LogP contribution in [0.25, 0.3) is 5.65 Å². The molecule has 1 saturated heterocycles. The van der Waals surface area contributed by atoms with E-state index in [1.54, 1.807) is 26.1 Å². The first-order valence-electron chi connectivity index (χ1n) is 14.9. The SMILES string of the molecule is Cc1cnc([C@@H](c2ccn3c(C(F)(F)F)nnc3c2C)C(C)(C)C(=O)O)cc1CN1CC2(CCOCC2)Oc2ncccc2S1(=O)=O. The van der Waals surface area contributed by atoms with E-state index in [0.717, 1.165) is 4.40 Å². The van der Waals surface area contributed by atoms with Crippen molar-refractivity contribution in [1.29, 1.82) is 0 Å². The van der Waals surface area contributed by atoms with Crippen LogP contribution in [0.3, 0.4) is 0 Å². The van der Waals surface area contributed by atoms with Gasteiger partial charge in [0.1, 0.15) is 10.5 Å². The predicted octanol–water partition coefficient (Wildman–Crippen LogP) is 4.53. The molecule has 0 saturated carbocycles. The normalized spacial score (nSPS) is 18.8. The number of carboxylic acid groups (broad SMARTS) is 1. The molecule has 0 radical (unpaired) electrons. The third-order valence-corrected chi connectivity index (χ3v) is 10.9. The standard InChI is InChI=1S/C31H33F3N6O6S/c1-18-15-36-22(24(29(3,4)28(41)42)21-7-11-40-25(19(21)2)37-38-27(40)31(32,33)34)14-20(18)16-39-17-30(8-12-45-13-9-30)46-26-23(47(39,43)44)6-5-10-35-26/h5-7,10-11,14-15,24H,8-9,12-13,16-17H2,1-4H3,(H,41,42)/t24-/m1/s1. The molecule has 4 aromatic heterocycles. The summed E-state index contributed by atoms with van der Waals surface area (Å²) in [5.41, 5.74) is -0.225. The zero-order chi connectivity index (χ0) is 33.9. The lowest BCUT2D eigenvalue weighted by molar-refractivity contribution is -0.147. The Morgan fingerprint density at radius 3 is 2.53 bits per heavy atom. The van der Waals surface area contributed by atoms with Gasteiger partial charge in [-0.25, -0.2) is 13.4 Å². The van der Waals surface area contributed by atoms with Gasteiger partial charge in [-0.05, 0) is 74.2 Å². The van der Waals surface area contributed by atoms with Crippen molar-refractivity contribution in [3.8, 4) is 5.88 Å². The fourth-order valence-corrected chi connectivity index (χ4v) is 7.88. The van der Waals surface area contributed by atoms with Gasteiger partial charge in [0, 0.05) is 49.6 Å². The summed E-state index contributed by atoms with van der Waals surface area (Å²) in [5.74, 6) is -3.30. The molecule has 0 amide bonds. The zero-order valence-electron chi connectivity index (χ0n) is 26.1. The van der Waals surface area contributed by atoms with Crippen LogP contribution in [0.15, 0.2) is 47.8 Å². The van der Waals surface area contributed by atoms with Crippen LogP contribution in [0.5, 0.6) is 5.88 Å². The number of nitrogens with zero attached hydrogens (tertiary/aromatic N) is 6. The maximum Gasteiger partial charge on any atom is 0.452 e. The summed E-state index contributed by atoms with van der Waals surface area (Å²) in [4.78, 5) is 21.4. The molecule has 47 heavy (non-hydrogen) atoms. The molecule has 0 aliphatic carbocycles. The highest BCUT2D eigenvalue weighted by Gasteiger charge is 2.46. The van der Waals surface area contributed by atoms with Crippen molar-refractivity contribution >= 4 is 21.6 Å². The summed E-state index contributed by atoms with van der Waals surface area (Å²) in [6, 6.07) is 6.07. The molecule has 2 aliphatic rings. The summed E-state index contributed by atoms with van der Waals surface area (Å²) < 4.78 is 82.9. The molecule has 1 spiro atoms. The maximum atomic E-state index is 14.1. The van der Waals surface area contributed by atoms with E-state index in [4.69, 9.17) is 9.47 Å². The lowest BCUT2D eigenvalue weighted by atomic mass is 9.71. The topological polar surface area (TPSA) is 149 Å². The highest BCUT2D eigenvalue weighted by Crippen LogP contribution is 2.44. The molecule has 12 nitrogen and oxygen atoms in total. The fraction of sp³-hybridized carbons (Fsp3) is 0.452. The van der Waals surface area contributed by atoms with Crippen LogP contribution in [-0.2, 0) is 32.3 Å². The Balaban J connectivity index is 1.46. The molecule has 6 rings (SSSR count). The Morgan fingerprint density at radius 1 is 1.13 bits per heavy atom. The van der Waals surface area contributed by atoms with Crippen LogP contribution in [0, 0.1) is 19.3 Å². The molecule has 1 N–H and O–H groups in total. The van der Waals surface area contributed by atoms with Gasteiger partial charge in [-0.15, -0.1) is 10.2 Å². The van der Waals surface area contributed by atoms with Gasteiger partial charge in [0.25, 0.3) is 0 Å². The van der Waals surface area contributed by atoms with Crippen molar-refractivity contribution < 1.29 is 41.0 Å². The highest BCUT2D eigenvalue weighted by atomic mass is 32.2. The number of pyridine rings is 3. The smallest absolute Gasteiger partial charge is 0.452 e. The second kappa shape index (κ2) is 11.5. The number of hydrogen-bond donors (Lipinski definition) is 1. The first-order valence-corrected chi connectivity index (χ1v) is 16.3. The number of sulfonamides is 1. The van der Waals surface area contributed by atoms with Gasteiger partial charge in [0.05, 0.1) is 25.2 Å². The number of aliphatic carboxylic acids is 1. The van der Waals surface area contributed by atoms with Gasteiger partial charge < -0.3 is 14.6 Å². The molecule has 0 aromatic carbocycles. The number of carbonyl (C=O) groups is 1. The fourth-order valence-electron chi connectivity index (χ4n) is 6.32. The van der Waals surface area contributed by atoms with Crippen molar-refractivity contribution in [3.63, 3.8) is 0 Å².